The third kappa shape index (κ3) is 3.46. The summed E-state index contributed by atoms with van der Waals surface area (Å²) < 4.78 is 13.4. The molecule has 108 valence electrons. The first kappa shape index (κ1) is 15.2. The van der Waals surface area contributed by atoms with Gasteiger partial charge in [0.15, 0.2) is 0 Å². The van der Waals surface area contributed by atoms with Crippen LogP contribution >= 0.6 is 15.9 Å². The Bertz CT molecular complexity index is 704. The molecule has 0 aromatic heterocycles. The van der Waals surface area contributed by atoms with Gasteiger partial charge in [0.25, 0.3) is 11.8 Å². The largest absolute Gasteiger partial charge is 0.355 e. The second kappa shape index (κ2) is 6.49. The molecular weight excluding hydrogens is 339 g/mol. The second-order valence-electron chi connectivity index (χ2n) is 4.21. The minimum absolute atomic E-state index is 0.203. The van der Waals surface area contributed by atoms with E-state index in [0.717, 1.165) is 0 Å². The topological polar surface area (TPSA) is 58.2 Å². The van der Waals surface area contributed by atoms with Crippen LogP contribution < -0.4 is 10.6 Å². The SMILES string of the molecule is CNC(=O)c1ccccc1NC(=O)c1ccc(F)c(Br)c1. The molecule has 2 aromatic carbocycles. The Morgan fingerprint density at radius 3 is 2.48 bits per heavy atom. The van der Waals surface area contributed by atoms with E-state index in [4.69, 9.17) is 0 Å². The zero-order valence-corrected chi connectivity index (χ0v) is 12.7. The van der Waals surface area contributed by atoms with Crippen molar-refractivity contribution in [3.63, 3.8) is 0 Å². The van der Waals surface area contributed by atoms with Crippen LogP contribution in [0.3, 0.4) is 0 Å². The zero-order valence-electron chi connectivity index (χ0n) is 11.1. The number of carbonyl (C=O) groups is 2. The first-order valence-corrected chi connectivity index (χ1v) is 6.89. The minimum atomic E-state index is -0.447. The normalized spacial score (nSPS) is 10.0. The number of benzene rings is 2. The van der Waals surface area contributed by atoms with Crippen molar-refractivity contribution in [3.8, 4) is 0 Å². The molecule has 2 N–H and O–H groups in total. The molecule has 0 heterocycles. The zero-order chi connectivity index (χ0) is 15.4. The Morgan fingerprint density at radius 1 is 1.10 bits per heavy atom. The number of hydrogen-bond donors (Lipinski definition) is 2. The molecule has 0 spiro atoms. The highest BCUT2D eigenvalue weighted by Gasteiger charge is 2.13. The third-order valence-corrected chi connectivity index (χ3v) is 3.44. The van der Waals surface area contributed by atoms with Crippen LogP contribution in [0.4, 0.5) is 10.1 Å². The first-order valence-electron chi connectivity index (χ1n) is 6.10. The fourth-order valence-electron chi connectivity index (χ4n) is 1.76. The lowest BCUT2D eigenvalue weighted by molar-refractivity contribution is 0.0964. The lowest BCUT2D eigenvalue weighted by atomic mass is 10.1. The molecule has 0 saturated heterocycles. The summed E-state index contributed by atoms with van der Waals surface area (Å²) >= 11 is 3.03. The molecule has 0 aliphatic carbocycles. The van der Waals surface area contributed by atoms with E-state index in [9.17, 15) is 14.0 Å². The summed E-state index contributed by atoms with van der Waals surface area (Å²) in [6.07, 6.45) is 0. The van der Waals surface area contributed by atoms with Gasteiger partial charge in [0.1, 0.15) is 5.82 Å². The predicted octanol–water partition coefficient (Wildman–Crippen LogP) is 3.20. The Labute approximate surface area is 129 Å². The van der Waals surface area contributed by atoms with Crippen LogP contribution in [0, 0.1) is 5.82 Å². The van der Waals surface area contributed by atoms with Gasteiger partial charge >= 0.3 is 0 Å². The summed E-state index contributed by atoms with van der Waals surface area (Å²) in [5.41, 5.74) is 1.03. The lowest BCUT2D eigenvalue weighted by Gasteiger charge is -2.10. The smallest absolute Gasteiger partial charge is 0.255 e. The average molecular weight is 351 g/mol. The van der Waals surface area contributed by atoms with E-state index in [-0.39, 0.29) is 15.9 Å². The van der Waals surface area contributed by atoms with E-state index in [0.29, 0.717) is 11.3 Å². The van der Waals surface area contributed by atoms with E-state index in [1.807, 2.05) is 0 Å². The van der Waals surface area contributed by atoms with E-state index in [2.05, 4.69) is 26.6 Å². The Balaban J connectivity index is 2.27. The maximum Gasteiger partial charge on any atom is 0.255 e. The Morgan fingerprint density at radius 2 is 1.81 bits per heavy atom. The molecule has 0 aliphatic rings. The van der Waals surface area contributed by atoms with Crippen LogP contribution in [0.2, 0.25) is 0 Å². The van der Waals surface area contributed by atoms with Crippen LogP contribution in [0.15, 0.2) is 46.9 Å². The molecule has 0 unspecified atom stereocenters. The van der Waals surface area contributed by atoms with Gasteiger partial charge in [0, 0.05) is 12.6 Å². The molecular formula is C15H12BrFN2O2. The molecule has 0 bridgehead atoms. The van der Waals surface area contributed by atoms with Crippen molar-refractivity contribution in [3.05, 3.63) is 63.9 Å². The molecule has 21 heavy (non-hydrogen) atoms. The van der Waals surface area contributed by atoms with Gasteiger partial charge in [-0.3, -0.25) is 9.59 Å². The monoisotopic (exact) mass is 350 g/mol. The number of nitrogens with one attached hydrogen (secondary N) is 2. The van der Waals surface area contributed by atoms with E-state index in [1.54, 1.807) is 24.3 Å². The van der Waals surface area contributed by atoms with Crippen molar-refractivity contribution in [1.82, 2.24) is 5.32 Å². The fraction of sp³-hybridized carbons (Fsp3) is 0.0667. The fourth-order valence-corrected chi connectivity index (χ4v) is 2.14. The van der Waals surface area contributed by atoms with Crippen molar-refractivity contribution in [2.45, 2.75) is 0 Å². The van der Waals surface area contributed by atoms with Gasteiger partial charge in [-0.05, 0) is 46.3 Å². The molecule has 0 radical (unpaired) electrons. The molecule has 2 rings (SSSR count). The molecule has 4 nitrogen and oxygen atoms in total. The van der Waals surface area contributed by atoms with Crippen LogP contribution in [-0.4, -0.2) is 18.9 Å². The molecule has 0 aliphatic heterocycles. The van der Waals surface area contributed by atoms with Crippen molar-refractivity contribution >= 4 is 33.4 Å². The number of rotatable bonds is 3. The predicted molar refractivity (Wildman–Crippen MR) is 81.9 cm³/mol. The number of para-hydroxylation sites is 1. The summed E-state index contributed by atoms with van der Waals surface area (Å²) in [5.74, 6) is -1.17. The third-order valence-electron chi connectivity index (χ3n) is 2.83. The molecule has 0 saturated carbocycles. The van der Waals surface area contributed by atoms with Crippen molar-refractivity contribution < 1.29 is 14.0 Å². The minimum Gasteiger partial charge on any atom is -0.355 e. The quantitative estimate of drug-likeness (QED) is 0.892. The molecule has 2 aromatic rings. The molecule has 6 heteroatoms. The van der Waals surface area contributed by atoms with Crippen molar-refractivity contribution in [1.29, 1.82) is 0 Å². The van der Waals surface area contributed by atoms with Crippen LogP contribution in [0.1, 0.15) is 20.7 Å². The maximum atomic E-state index is 13.2. The molecule has 2 amide bonds. The number of anilines is 1. The average Bonchev–Trinajstić information content (AvgIpc) is 2.49. The van der Waals surface area contributed by atoms with Gasteiger partial charge in [-0.2, -0.15) is 0 Å². The van der Waals surface area contributed by atoms with Gasteiger partial charge in [-0.25, -0.2) is 4.39 Å². The highest BCUT2D eigenvalue weighted by atomic mass is 79.9. The molecule has 0 fully saturated rings. The summed E-state index contributed by atoms with van der Waals surface area (Å²) in [6, 6.07) is 10.6. The number of amides is 2. The lowest BCUT2D eigenvalue weighted by Crippen LogP contribution is -2.21. The van der Waals surface area contributed by atoms with Gasteiger partial charge < -0.3 is 10.6 Å². The number of hydrogen-bond acceptors (Lipinski definition) is 2. The van der Waals surface area contributed by atoms with Crippen LogP contribution in [0.25, 0.3) is 0 Å². The second-order valence-corrected chi connectivity index (χ2v) is 5.06. The van der Waals surface area contributed by atoms with E-state index >= 15 is 0 Å². The summed E-state index contributed by atoms with van der Waals surface area (Å²) in [5, 5.41) is 5.15. The number of carbonyl (C=O) groups excluding carboxylic acids is 2. The van der Waals surface area contributed by atoms with E-state index < -0.39 is 11.7 Å². The standard InChI is InChI=1S/C15H12BrFN2O2/c1-18-15(21)10-4-2-3-5-13(10)19-14(20)9-6-7-12(17)11(16)8-9/h2-8H,1H3,(H,18,21)(H,19,20). The van der Waals surface area contributed by atoms with Gasteiger partial charge in [-0.15, -0.1) is 0 Å². The van der Waals surface area contributed by atoms with E-state index in [1.165, 1.54) is 25.2 Å². The summed E-state index contributed by atoms with van der Waals surface area (Å²) in [6.45, 7) is 0. The Hall–Kier alpha value is -2.21. The van der Waals surface area contributed by atoms with Crippen LogP contribution in [0.5, 0.6) is 0 Å². The van der Waals surface area contributed by atoms with Crippen molar-refractivity contribution in [2.75, 3.05) is 12.4 Å². The summed E-state index contributed by atoms with van der Waals surface area (Å²) in [7, 11) is 1.51. The maximum absolute atomic E-state index is 13.2. The Kier molecular flexibility index (Phi) is 4.70. The number of halogens is 2. The van der Waals surface area contributed by atoms with Crippen molar-refractivity contribution in [2.24, 2.45) is 0 Å². The first-order chi connectivity index (χ1) is 10.0. The van der Waals surface area contributed by atoms with Crippen LogP contribution in [-0.2, 0) is 0 Å². The summed E-state index contributed by atoms with van der Waals surface area (Å²) in [4.78, 5) is 23.9. The highest BCUT2D eigenvalue weighted by Crippen LogP contribution is 2.19. The molecule has 0 atom stereocenters. The highest BCUT2D eigenvalue weighted by molar-refractivity contribution is 9.10. The van der Waals surface area contributed by atoms with Gasteiger partial charge in [-0.1, -0.05) is 12.1 Å². The van der Waals surface area contributed by atoms with Gasteiger partial charge in [0.2, 0.25) is 0 Å². The van der Waals surface area contributed by atoms with Gasteiger partial charge in [0.05, 0.1) is 15.7 Å².